The van der Waals surface area contributed by atoms with Crippen LogP contribution in [0.15, 0.2) is 36.4 Å². The van der Waals surface area contributed by atoms with Crippen LogP contribution in [0.5, 0.6) is 0 Å². The van der Waals surface area contributed by atoms with Crippen LogP contribution in [0.4, 0.5) is 5.69 Å². The number of nitrogens with one attached hydrogen (secondary N) is 1. The van der Waals surface area contributed by atoms with Crippen molar-refractivity contribution in [3.05, 3.63) is 42.0 Å². The van der Waals surface area contributed by atoms with Crippen molar-refractivity contribution in [2.45, 2.75) is 128 Å². The lowest BCUT2D eigenvalue weighted by Gasteiger charge is -2.26. The van der Waals surface area contributed by atoms with E-state index in [4.69, 9.17) is 5.11 Å². The standard InChI is InChI=1S/C31H53NO2Si/c1-35(2,27-24-28-18-14-13-15-19-28)26-17-12-10-8-6-4-3-5-7-9-11-16-25-32-30-22-20-29(21-23-30)31(33)34/h13-14,20-23,28,32H,3-12,15-19,24-27H2,1-2H3,(H,33,34). The van der Waals surface area contributed by atoms with Crippen LogP contribution in [0.2, 0.25) is 25.2 Å². The first-order valence-corrected chi connectivity index (χ1v) is 18.1. The van der Waals surface area contributed by atoms with Gasteiger partial charge in [0.1, 0.15) is 0 Å². The summed E-state index contributed by atoms with van der Waals surface area (Å²) in [7, 11) is -0.961. The van der Waals surface area contributed by atoms with E-state index in [1.807, 2.05) is 12.1 Å². The molecule has 1 aliphatic rings. The minimum absolute atomic E-state index is 0.342. The van der Waals surface area contributed by atoms with Crippen LogP contribution in [-0.4, -0.2) is 25.7 Å². The van der Waals surface area contributed by atoms with Gasteiger partial charge in [-0.1, -0.05) is 114 Å². The van der Waals surface area contributed by atoms with Crippen LogP contribution in [0.3, 0.4) is 0 Å². The fourth-order valence-electron chi connectivity index (χ4n) is 5.30. The molecule has 1 unspecified atom stereocenters. The summed E-state index contributed by atoms with van der Waals surface area (Å²) in [5, 5.41) is 12.3. The molecule has 0 aromatic heterocycles. The molecule has 3 nitrogen and oxygen atoms in total. The summed E-state index contributed by atoms with van der Waals surface area (Å²) in [6.07, 6.45) is 27.0. The zero-order valence-electron chi connectivity index (χ0n) is 22.8. The maximum absolute atomic E-state index is 10.9. The van der Waals surface area contributed by atoms with Gasteiger partial charge in [0.15, 0.2) is 0 Å². The number of carboxylic acid groups (broad SMARTS) is 1. The molecule has 1 aromatic rings. The number of hydrogen-bond donors (Lipinski definition) is 2. The Hall–Kier alpha value is -1.55. The van der Waals surface area contributed by atoms with Crippen molar-refractivity contribution in [1.82, 2.24) is 0 Å². The second-order valence-corrected chi connectivity index (χ2v) is 17.0. The van der Waals surface area contributed by atoms with Gasteiger partial charge in [-0.15, -0.1) is 0 Å². The average molecular weight is 500 g/mol. The van der Waals surface area contributed by atoms with Gasteiger partial charge in [0.05, 0.1) is 5.56 Å². The smallest absolute Gasteiger partial charge is 0.335 e. The van der Waals surface area contributed by atoms with E-state index in [0.29, 0.717) is 5.56 Å². The van der Waals surface area contributed by atoms with Crippen molar-refractivity contribution in [2.75, 3.05) is 11.9 Å². The van der Waals surface area contributed by atoms with Crippen LogP contribution in [0.25, 0.3) is 0 Å². The van der Waals surface area contributed by atoms with Gasteiger partial charge >= 0.3 is 5.97 Å². The van der Waals surface area contributed by atoms with Crippen molar-refractivity contribution in [3.63, 3.8) is 0 Å². The Morgan fingerprint density at radius 2 is 1.40 bits per heavy atom. The number of carboxylic acids is 1. The quantitative estimate of drug-likeness (QED) is 0.107. The molecule has 0 saturated carbocycles. The summed E-state index contributed by atoms with van der Waals surface area (Å²) in [5.41, 5.74) is 1.35. The Balaban J connectivity index is 1.31. The number of benzene rings is 1. The van der Waals surface area contributed by atoms with Crippen LogP contribution in [-0.2, 0) is 0 Å². The van der Waals surface area contributed by atoms with Crippen molar-refractivity contribution >= 4 is 19.7 Å². The molecular weight excluding hydrogens is 446 g/mol. The Morgan fingerprint density at radius 1 is 0.829 bits per heavy atom. The zero-order chi connectivity index (χ0) is 25.2. The summed E-state index contributed by atoms with van der Waals surface area (Å²) in [6, 6.07) is 10.1. The van der Waals surface area contributed by atoms with Gasteiger partial charge in [-0.05, 0) is 55.9 Å². The zero-order valence-corrected chi connectivity index (χ0v) is 23.8. The monoisotopic (exact) mass is 499 g/mol. The summed E-state index contributed by atoms with van der Waals surface area (Å²) in [5.74, 6) is 0.117. The molecule has 35 heavy (non-hydrogen) atoms. The number of allylic oxidation sites excluding steroid dienone is 2. The summed E-state index contributed by atoms with van der Waals surface area (Å²) in [6.45, 7) is 6.22. The minimum Gasteiger partial charge on any atom is -0.478 e. The maximum Gasteiger partial charge on any atom is 0.335 e. The third kappa shape index (κ3) is 14.6. The summed E-state index contributed by atoms with van der Waals surface area (Å²) >= 11 is 0. The first-order valence-electron chi connectivity index (χ1n) is 14.7. The van der Waals surface area contributed by atoms with E-state index >= 15 is 0 Å². The third-order valence-electron chi connectivity index (χ3n) is 7.85. The highest BCUT2D eigenvalue weighted by molar-refractivity contribution is 6.77. The van der Waals surface area contributed by atoms with E-state index in [1.165, 1.54) is 103 Å². The summed E-state index contributed by atoms with van der Waals surface area (Å²) in [4.78, 5) is 10.9. The van der Waals surface area contributed by atoms with Crippen molar-refractivity contribution in [1.29, 1.82) is 0 Å². The molecule has 0 bridgehead atoms. The molecular formula is C31H53NO2Si. The fraction of sp³-hybridized carbons (Fsp3) is 0.710. The first kappa shape index (κ1) is 29.7. The molecule has 1 atom stereocenters. The highest BCUT2D eigenvalue weighted by Gasteiger charge is 2.22. The van der Waals surface area contributed by atoms with E-state index in [2.05, 4.69) is 30.6 Å². The predicted molar refractivity (Wildman–Crippen MR) is 155 cm³/mol. The van der Waals surface area contributed by atoms with Gasteiger partial charge in [-0.25, -0.2) is 4.79 Å². The van der Waals surface area contributed by atoms with Gasteiger partial charge in [-0.3, -0.25) is 0 Å². The summed E-state index contributed by atoms with van der Waals surface area (Å²) < 4.78 is 0. The molecule has 0 aliphatic heterocycles. The van der Waals surface area contributed by atoms with Gasteiger partial charge < -0.3 is 10.4 Å². The average Bonchev–Trinajstić information content (AvgIpc) is 2.86. The second kappa shape index (κ2) is 17.8. The van der Waals surface area contributed by atoms with Crippen LogP contribution >= 0.6 is 0 Å². The molecule has 2 N–H and O–H groups in total. The van der Waals surface area contributed by atoms with Crippen LogP contribution < -0.4 is 5.32 Å². The van der Waals surface area contributed by atoms with E-state index in [1.54, 1.807) is 24.2 Å². The minimum atomic E-state index is -0.961. The molecule has 0 amide bonds. The lowest BCUT2D eigenvalue weighted by molar-refractivity contribution is 0.0697. The number of anilines is 1. The van der Waals surface area contributed by atoms with E-state index < -0.39 is 14.0 Å². The molecule has 0 spiro atoms. The highest BCUT2D eigenvalue weighted by Crippen LogP contribution is 2.29. The molecule has 2 rings (SSSR count). The number of unbranched alkanes of at least 4 members (excludes halogenated alkanes) is 11. The number of hydrogen-bond acceptors (Lipinski definition) is 2. The van der Waals surface area contributed by atoms with Crippen molar-refractivity contribution < 1.29 is 9.90 Å². The Bertz CT molecular complexity index is 713. The normalized spacial score (nSPS) is 15.9. The third-order valence-corrected chi connectivity index (χ3v) is 11.2. The largest absolute Gasteiger partial charge is 0.478 e. The Labute approximate surface area is 217 Å². The number of rotatable bonds is 20. The topological polar surface area (TPSA) is 49.3 Å². The molecule has 1 aliphatic carbocycles. The van der Waals surface area contributed by atoms with Gasteiger partial charge in [0.2, 0.25) is 0 Å². The van der Waals surface area contributed by atoms with Crippen molar-refractivity contribution in [2.24, 2.45) is 5.92 Å². The molecule has 0 radical (unpaired) electrons. The molecule has 0 saturated heterocycles. The van der Waals surface area contributed by atoms with Gasteiger partial charge in [-0.2, -0.15) is 0 Å². The lowest BCUT2D eigenvalue weighted by Crippen LogP contribution is -2.25. The van der Waals surface area contributed by atoms with Crippen LogP contribution in [0, 0.1) is 5.92 Å². The molecule has 198 valence electrons. The van der Waals surface area contributed by atoms with Crippen molar-refractivity contribution in [3.8, 4) is 0 Å². The molecule has 1 aromatic carbocycles. The Kier molecular flexibility index (Phi) is 15.1. The highest BCUT2D eigenvalue weighted by atomic mass is 28.3. The second-order valence-electron chi connectivity index (χ2n) is 11.7. The fourth-order valence-corrected chi connectivity index (χ4v) is 7.94. The first-order chi connectivity index (χ1) is 17.0. The molecule has 4 heteroatoms. The van der Waals surface area contributed by atoms with Crippen LogP contribution in [0.1, 0.15) is 113 Å². The van der Waals surface area contributed by atoms with E-state index in [9.17, 15) is 4.79 Å². The van der Waals surface area contributed by atoms with Gasteiger partial charge in [0, 0.05) is 20.3 Å². The lowest BCUT2D eigenvalue weighted by atomic mass is 9.92. The number of carbonyl (C=O) groups is 1. The molecule has 0 heterocycles. The Morgan fingerprint density at radius 3 is 1.94 bits per heavy atom. The predicted octanol–water partition coefficient (Wildman–Crippen LogP) is 9.93. The molecule has 0 fully saturated rings. The van der Waals surface area contributed by atoms with E-state index in [-0.39, 0.29) is 0 Å². The number of aromatic carboxylic acids is 1. The van der Waals surface area contributed by atoms with E-state index in [0.717, 1.165) is 18.2 Å². The maximum atomic E-state index is 10.9. The van der Waals surface area contributed by atoms with Gasteiger partial charge in [0.25, 0.3) is 0 Å². The SMILES string of the molecule is C[Si](C)(CCCCCCCCCCCCCCNc1ccc(C(=O)O)cc1)CCC1CC=CCC1.